The Balaban J connectivity index is 1.96. The van der Waals surface area contributed by atoms with E-state index in [0.29, 0.717) is 16.5 Å². The zero-order chi connectivity index (χ0) is 17.4. The summed E-state index contributed by atoms with van der Waals surface area (Å²) in [6.07, 6.45) is 4.26. The van der Waals surface area contributed by atoms with Crippen LogP contribution in [-0.2, 0) is 6.42 Å². The highest BCUT2D eigenvalue weighted by Crippen LogP contribution is 2.35. The molecular formula is C19H27N3OS. The molecular weight excluding hydrogens is 318 g/mol. The number of piperidine rings is 1. The molecule has 24 heavy (non-hydrogen) atoms. The van der Waals surface area contributed by atoms with Crippen LogP contribution in [0.15, 0.2) is 12.1 Å². The maximum absolute atomic E-state index is 13.1. The van der Waals surface area contributed by atoms with Crippen LogP contribution in [0.25, 0.3) is 10.2 Å². The highest BCUT2D eigenvalue weighted by Gasteiger charge is 2.32. The molecule has 130 valence electrons. The van der Waals surface area contributed by atoms with Gasteiger partial charge < -0.3 is 10.6 Å². The van der Waals surface area contributed by atoms with E-state index in [9.17, 15) is 4.79 Å². The van der Waals surface area contributed by atoms with Crippen molar-refractivity contribution in [2.24, 2.45) is 5.92 Å². The van der Waals surface area contributed by atoms with Crippen molar-refractivity contribution >= 4 is 33.1 Å². The summed E-state index contributed by atoms with van der Waals surface area (Å²) < 4.78 is 0. The molecule has 1 saturated heterocycles. The summed E-state index contributed by atoms with van der Waals surface area (Å²) in [5, 5.41) is 0.910. The number of anilines is 1. The SMILES string of the molecule is CC(C)Cc1ccc2c(N)c(C(=O)N3[C@@H](C)CCC[C@@H]3C)sc2n1. The maximum atomic E-state index is 13.1. The molecule has 2 aromatic heterocycles. The van der Waals surface area contributed by atoms with E-state index in [1.54, 1.807) is 0 Å². The van der Waals surface area contributed by atoms with Crippen LogP contribution in [0, 0.1) is 5.92 Å². The Hall–Kier alpha value is -1.62. The maximum Gasteiger partial charge on any atom is 0.266 e. The normalized spacial score (nSPS) is 21.6. The third-order valence-electron chi connectivity index (χ3n) is 4.89. The first-order chi connectivity index (χ1) is 11.4. The molecule has 0 spiro atoms. The van der Waals surface area contributed by atoms with Crippen molar-refractivity contribution in [3.8, 4) is 0 Å². The molecule has 2 aromatic rings. The quantitative estimate of drug-likeness (QED) is 0.892. The Morgan fingerprint density at radius 2 is 2.00 bits per heavy atom. The van der Waals surface area contributed by atoms with Crippen LogP contribution in [-0.4, -0.2) is 27.9 Å². The van der Waals surface area contributed by atoms with E-state index < -0.39 is 0 Å². The number of hydrogen-bond acceptors (Lipinski definition) is 4. The number of carbonyl (C=O) groups excluding carboxylic acids is 1. The minimum Gasteiger partial charge on any atom is -0.397 e. The van der Waals surface area contributed by atoms with Crippen LogP contribution in [0.1, 0.15) is 62.3 Å². The molecule has 1 amide bonds. The monoisotopic (exact) mass is 345 g/mol. The molecule has 1 fully saturated rings. The third-order valence-corrected chi connectivity index (χ3v) is 5.99. The average molecular weight is 346 g/mol. The van der Waals surface area contributed by atoms with Crippen LogP contribution in [0.3, 0.4) is 0 Å². The lowest BCUT2D eigenvalue weighted by atomic mass is 9.97. The molecule has 3 rings (SSSR count). The number of aromatic nitrogens is 1. The van der Waals surface area contributed by atoms with E-state index >= 15 is 0 Å². The van der Waals surface area contributed by atoms with E-state index in [0.717, 1.165) is 35.2 Å². The third kappa shape index (κ3) is 3.14. The smallest absolute Gasteiger partial charge is 0.266 e. The van der Waals surface area contributed by atoms with Gasteiger partial charge in [-0.05, 0) is 57.6 Å². The van der Waals surface area contributed by atoms with Crippen molar-refractivity contribution < 1.29 is 4.79 Å². The molecule has 0 aliphatic carbocycles. The van der Waals surface area contributed by atoms with Gasteiger partial charge >= 0.3 is 0 Å². The molecule has 1 aliphatic rings. The molecule has 0 aromatic carbocycles. The van der Waals surface area contributed by atoms with E-state index in [1.165, 1.54) is 17.8 Å². The van der Waals surface area contributed by atoms with Crippen LogP contribution >= 0.6 is 11.3 Å². The van der Waals surface area contributed by atoms with Crippen LogP contribution in [0.2, 0.25) is 0 Å². The van der Waals surface area contributed by atoms with Gasteiger partial charge in [-0.2, -0.15) is 0 Å². The largest absolute Gasteiger partial charge is 0.397 e. The number of rotatable bonds is 3. The van der Waals surface area contributed by atoms with Crippen LogP contribution in [0.5, 0.6) is 0 Å². The predicted molar refractivity (Wildman–Crippen MR) is 102 cm³/mol. The Bertz CT molecular complexity index is 742. The van der Waals surface area contributed by atoms with Crippen molar-refractivity contribution in [2.75, 3.05) is 5.73 Å². The molecule has 0 saturated carbocycles. The van der Waals surface area contributed by atoms with E-state index in [4.69, 9.17) is 10.7 Å². The Kier molecular flexibility index (Phi) is 4.81. The number of likely N-dealkylation sites (tertiary alicyclic amines) is 1. The highest BCUT2D eigenvalue weighted by molar-refractivity contribution is 7.21. The van der Waals surface area contributed by atoms with Crippen molar-refractivity contribution in [3.05, 3.63) is 22.7 Å². The summed E-state index contributed by atoms with van der Waals surface area (Å²) in [6, 6.07) is 4.60. The van der Waals surface area contributed by atoms with Gasteiger partial charge in [0.15, 0.2) is 0 Å². The number of fused-ring (bicyclic) bond motifs is 1. The molecule has 4 nitrogen and oxygen atoms in total. The fourth-order valence-electron chi connectivity index (χ4n) is 3.67. The van der Waals surface area contributed by atoms with Crippen LogP contribution in [0.4, 0.5) is 5.69 Å². The van der Waals surface area contributed by atoms with Gasteiger partial charge in [0, 0.05) is 23.2 Å². The second-order valence-electron chi connectivity index (χ2n) is 7.44. The highest BCUT2D eigenvalue weighted by atomic mass is 32.1. The standard InChI is InChI=1S/C19H27N3OS/c1-11(2)10-14-8-9-15-16(20)17(24-18(15)21-14)19(23)22-12(3)6-5-7-13(22)4/h8-9,11-13H,5-7,10,20H2,1-4H3/t12-,13-/m0/s1. The fourth-order valence-corrected chi connectivity index (χ4v) is 4.72. The lowest BCUT2D eigenvalue weighted by Gasteiger charge is -2.38. The summed E-state index contributed by atoms with van der Waals surface area (Å²) in [4.78, 5) is 21.4. The summed E-state index contributed by atoms with van der Waals surface area (Å²) in [5.74, 6) is 0.629. The molecule has 0 unspecified atom stereocenters. The van der Waals surface area contributed by atoms with Crippen molar-refractivity contribution in [3.63, 3.8) is 0 Å². The van der Waals surface area contributed by atoms with Gasteiger partial charge in [0.05, 0.1) is 5.69 Å². The molecule has 3 heterocycles. The first-order valence-electron chi connectivity index (χ1n) is 8.89. The van der Waals surface area contributed by atoms with Gasteiger partial charge in [0.2, 0.25) is 0 Å². The second kappa shape index (κ2) is 6.71. The molecule has 5 heteroatoms. The Labute approximate surface area is 148 Å². The first-order valence-corrected chi connectivity index (χ1v) is 9.70. The molecule has 2 atom stereocenters. The number of carbonyl (C=O) groups is 1. The summed E-state index contributed by atoms with van der Waals surface area (Å²) in [5.41, 5.74) is 7.97. The number of pyridine rings is 1. The van der Waals surface area contributed by atoms with Gasteiger partial charge in [-0.25, -0.2) is 4.98 Å². The molecule has 0 radical (unpaired) electrons. The van der Waals surface area contributed by atoms with Crippen LogP contribution < -0.4 is 5.73 Å². The van der Waals surface area contributed by atoms with E-state index in [1.807, 2.05) is 17.0 Å². The van der Waals surface area contributed by atoms with Crippen molar-refractivity contribution in [1.29, 1.82) is 0 Å². The molecule has 0 bridgehead atoms. The summed E-state index contributed by atoms with van der Waals surface area (Å²) >= 11 is 1.44. The Morgan fingerprint density at radius 1 is 1.33 bits per heavy atom. The zero-order valence-corrected chi connectivity index (χ0v) is 15.8. The van der Waals surface area contributed by atoms with E-state index in [2.05, 4.69) is 27.7 Å². The molecule has 2 N–H and O–H groups in total. The number of nitrogens with zero attached hydrogens (tertiary/aromatic N) is 2. The fraction of sp³-hybridized carbons (Fsp3) is 0.579. The van der Waals surface area contributed by atoms with Gasteiger partial charge in [-0.1, -0.05) is 13.8 Å². The molecule has 1 aliphatic heterocycles. The minimum atomic E-state index is 0.0700. The summed E-state index contributed by atoms with van der Waals surface area (Å²) in [7, 11) is 0. The number of nitrogens with two attached hydrogens (primary N) is 1. The average Bonchev–Trinajstić information content (AvgIpc) is 2.83. The second-order valence-corrected chi connectivity index (χ2v) is 8.44. The van der Waals surface area contributed by atoms with Crippen molar-refractivity contribution in [2.45, 2.75) is 65.5 Å². The van der Waals surface area contributed by atoms with Gasteiger partial charge in [-0.3, -0.25) is 4.79 Å². The number of nitrogen functional groups attached to an aromatic ring is 1. The number of hydrogen-bond donors (Lipinski definition) is 1. The zero-order valence-electron chi connectivity index (χ0n) is 15.0. The number of amides is 1. The van der Waals surface area contributed by atoms with Gasteiger partial charge in [-0.15, -0.1) is 11.3 Å². The number of thiophene rings is 1. The van der Waals surface area contributed by atoms with Crippen molar-refractivity contribution in [1.82, 2.24) is 9.88 Å². The minimum absolute atomic E-state index is 0.0700. The van der Waals surface area contributed by atoms with E-state index in [-0.39, 0.29) is 18.0 Å². The van der Waals surface area contributed by atoms with Gasteiger partial charge in [0.25, 0.3) is 5.91 Å². The first kappa shape index (κ1) is 17.2. The van der Waals surface area contributed by atoms with Gasteiger partial charge in [0.1, 0.15) is 9.71 Å². The Morgan fingerprint density at radius 3 is 2.62 bits per heavy atom. The lowest BCUT2D eigenvalue weighted by Crippen LogP contribution is -2.47. The lowest BCUT2D eigenvalue weighted by molar-refractivity contribution is 0.0517. The summed E-state index contributed by atoms with van der Waals surface area (Å²) in [6.45, 7) is 8.64. The topological polar surface area (TPSA) is 59.2 Å². The predicted octanol–water partition coefficient (Wildman–Crippen LogP) is 4.48.